The molecule has 0 saturated carbocycles. The largest absolute Gasteiger partial charge is 0.494 e. The fourth-order valence-electron chi connectivity index (χ4n) is 4.73. The van der Waals surface area contributed by atoms with E-state index < -0.39 is 16.9 Å². The molecule has 4 aromatic rings. The van der Waals surface area contributed by atoms with Gasteiger partial charge in [0.2, 0.25) is 0 Å². The first-order valence-corrected chi connectivity index (χ1v) is 13.8. The second-order valence-electron chi connectivity index (χ2n) is 9.28. The molecular formula is C30H27N3O7S. The van der Waals surface area contributed by atoms with Crippen LogP contribution in [0, 0.1) is 17.0 Å². The van der Waals surface area contributed by atoms with Crippen molar-refractivity contribution in [3.05, 3.63) is 113 Å². The summed E-state index contributed by atoms with van der Waals surface area (Å²) < 4.78 is 18.6. The van der Waals surface area contributed by atoms with Crippen LogP contribution in [0.5, 0.6) is 5.75 Å². The summed E-state index contributed by atoms with van der Waals surface area (Å²) in [5.41, 5.74) is 2.11. The Hall–Kier alpha value is -4.77. The van der Waals surface area contributed by atoms with Crippen LogP contribution in [0.2, 0.25) is 0 Å². The molecule has 2 aromatic heterocycles. The van der Waals surface area contributed by atoms with Gasteiger partial charge in [0.05, 0.1) is 45.5 Å². The number of benzene rings is 2. The summed E-state index contributed by atoms with van der Waals surface area (Å²) in [6.07, 6.45) is 1.58. The van der Waals surface area contributed by atoms with Gasteiger partial charge in [-0.05, 0) is 69.2 Å². The molecule has 0 saturated heterocycles. The first kappa shape index (κ1) is 27.8. The van der Waals surface area contributed by atoms with Crippen molar-refractivity contribution >= 4 is 29.1 Å². The molecule has 1 aliphatic heterocycles. The van der Waals surface area contributed by atoms with Crippen LogP contribution in [0.25, 0.3) is 17.4 Å². The average Bonchev–Trinajstić information content (AvgIpc) is 3.52. The highest BCUT2D eigenvalue weighted by molar-refractivity contribution is 7.07. The lowest BCUT2D eigenvalue weighted by Crippen LogP contribution is -2.39. The van der Waals surface area contributed by atoms with E-state index in [-0.39, 0.29) is 23.4 Å². The normalized spacial score (nSPS) is 14.9. The number of hydrogen-bond acceptors (Lipinski definition) is 9. The van der Waals surface area contributed by atoms with Crippen LogP contribution in [0.15, 0.2) is 80.1 Å². The summed E-state index contributed by atoms with van der Waals surface area (Å²) in [7, 11) is 0. The van der Waals surface area contributed by atoms with Crippen LogP contribution in [0.4, 0.5) is 5.69 Å². The minimum absolute atomic E-state index is 0.0670. The maximum absolute atomic E-state index is 13.8. The number of furan rings is 1. The van der Waals surface area contributed by atoms with E-state index in [0.29, 0.717) is 50.0 Å². The molecule has 0 unspecified atom stereocenters. The molecule has 2 aromatic carbocycles. The van der Waals surface area contributed by atoms with Gasteiger partial charge in [0.15, 0.2) is 4.80 Å². The number of ether oxygens (including phenoxy) is 2. The second-order valence-corrected chi connectivity index (χ2v) is 10.3. The van der Waals surface area contributed by atoms with Crippen LogP contribution in [0.3, 0.4) is 0 Å². The molecule has 3 heterocycles. The highest BCUT2D eigenvalue weighted by atomic mass is 32.1. The number of nitro groups is 1. The third kappa shape index (κ3) is 5.36. The first-order valence-electron chi connectivity index (χ1n) is 13.0. The maximum Gasteiger partial charge on any atom is 0.338 e. The zero-order valence-corrected chi connectivity index (χ0v) is 23.7. The molecule has 0 aliphatic carbocycles. The Morgan fingerprint density at radius 1 is 1.12 bits per heavy atom. The van der Waals surface area contributed by atoms with Crippen LogP contribution < -0.4 is 19.6 Å². The number of aromatic nitrogens is 1. The summed E-state index contributed by atoms with van der Waals surface area (Å²) in [4.78, 5) is 43.0. The van der Waals surface area contributed by atoms with Crippen molar-refractivity contribution in [2.75, 3.05) is 13.2 Å². The molecule has 11 heteroatoms. The number of fused-ring (bicyclic) bond motifs is 1. The van der Waals surface area contributed by atoms with Crippen LogP contribution in [0.1, 0.15) is 43.7 Å². The molecule has 0 N–H and O–H groups in total. The Morgan fingerprint density at radius 2 is 1.88 bits per heavy atom. The van der Waals surface area contributed by atoms with E-state index in [4.69, 9.17) is 13.9 Å². The van der Waals surface area contributed by atoms with Crippen molar-refractivity contribution in [3.63, 3.8) is 0 Å². The number of hydrogen-bond donors (Lipinski definition) is 0. The standard InChI is InChI=1S/C30H27N3O7S/c1-5-38-20-10-8-19(9-11-20)27-26(29(35)39-6-2)18(4)31-30-32(27)28(34)25(41-30)16-21-12-14-24(40-21)22-13-7-17(3)15-23(22)33(36)37/h7-16,27H,5-6H2,1-4H3/b25-16-/t27-/m1/s1. The summed E-state index contributed by atoms with van der Waals surface area (Å²) in [5, 5.41) is 11.6. The third-order valence-corrected chi connectivity index (χ3v) is 7.52. The predicted molar refractivity (Wildman–Crippen MR) is 154 cm³/mol. The molecule has 41 heavy (non-hydrogen) atoms. The van der Waals surface area contributed by atoms with Crippen molar-refractivity contribution in [1.82, 2.24) is 4.57 Å². The lowest BCUT2D eigenvalue weighted by molar-refractivity contribution is -0.384. The Balaban J connectivity index is 1.62. The molecular weight excluding hydrogens is 546 g/mol. The van der Waals surface area contributed by atoms with Crippen molar-refractivity contribution in [2.45, 2.75) is 33.7 Å². The lowest BCUT2D eigenvalue weighted by Gasteiger charge is -2.24. The van der Waals surface area contributed by atoms with Gasteiger partial charge in [-0.3, -0.25) is 19.5 Å². The molecule has 0 bridgehead atoms. The second kappa shape index (κ2) is 11.4. The quantitative estimate of drug-likeness (QED) is 0.170. The number of thiazole rings is 1. The monoisotopic (exact) mass is 573 g/mol. The van der Waals surface area contributed by atoms with Gasteiger partial charge >= 0.3 is 5.97 Å². The number of rotatable bonds is 8. The minimum atomic E-state index is -0.759. The number of nitro benzene ring substituents is 1. The fraction of sp³-hybridized carbons (Fsp3) is 0.233. The smallest absolute Gasteiger partial charge is 0.338 e. The molecule has 0 spiro atoms. The third-order valence-electron chi connectivity index (χ3n) is 6.54. The van der Waals surface area contributed by atoms with Gasteiger partial charge in [0, 0.05) is 12.1 Å². The molecule has 5 rings (SSSR count). The van der Waals surface area contributed by atoms with Crippen LogP contribution >= 0.6 is 11.3 Å². The number of nitrogens with zero attached hydrogens (tertiary/aromatic N) is 3. The van der Waals surface area contributed by atoms with Gasteiger partial charge in [0.25, 0.3) is 11.2 Å². The Kier molecular flexibility index (Phi) is 7.71. The van der Waals surface area contributed by atoms with Gasteiger partial charge in [0.1, 0.15) is 17.3 Å². The molecule has 0 amide bonds. The van der Waals surface area contributed by atoms with E-state index in [9.17, 15) is 19.7 Å². The average molecular weight is 574 g/mol. The first-order chi connectivity index (χ1) is 19.7. The zero-order chi connectivity index (χ0) is 29.3. The van der Waals surface area contributed by atoms with E-state index in [1.165, 1.54) is 10.6 Å². The van der Waals surface area contributed by atoms with Crippen LogP contribution in [-0.2, 0) is 9.53 Å². The number of esters is 1. The van der Waals surface area contributed by atoms with E-state index in [0.717, 1.165) is 16.9 Å². The number of allylic oxidation sites excluding steroid dienone is 1. The molecule has 0 radical (unpaired) electrons. The van der Waals surface area contributed by atoms with E-state index in [2.05, 4.69) is 4.99 Å². The van der Waals surface area contributed by atoms with Crippen LogP contribution in [-0.4, -0.2) is 28.7 Å². The van der Waals surface area contributed by atoms with E-state index >= 15 is 0 Å². The summed E-state index contributed by atoms with van der Waals surface area (Å²) in [6.45, 7) is 7.79. The summed E-state index contributed by atoms with van der Waals surface area (Å²) in [5.74, 6) is 0.782. The number of carbonyl (C=O) groups is 1. The SMILES string of the molecule is CCOC(=O)C1=C(C)N=c2s/c(=C\c3ccc(-c4ccc(C)cc4[N+](=O)[O-])o3)c(=O)n2[C@@H]1c1ccc(OCC)cc1. The van der Waals surface area contributed by atoms with Gasteiger partial charge in [-0.25, -0.2) is 9.79 Å². The predicted octanol–water partition coefficient (Wildman–Crippen LogP) is 4.67. The van der Waals surface area contributed by atoms with Gasteiger partial charge in [-0.15, -0.1) is 0 Å². The molecule has 0 fully saturated rings. The summed E-state index contributed by atoms with van der Waals surface area (Å²) >= 11 is 1.16. The zero-order valence-electron chi connectivity index (χ0n) is 22.9. The van der Waals surface area contributed by atoms with Crippen molar-refractivity contribution < 1.29 is 23.6 Å². The van der Waals surface area contributed by atoms with E-state index in [1.807, 2.05) is 19.1 Å². The Bertz CT molecular complexity index is 1860. The highest BCUT2D eigenvalue weighted by Crippen LogP contribution is 2.33. The van der Waals surface area contributed by atoms with Crippen molar-refractivity contribution in [1.29, 1.82) is 0 Å². The van der Waals surface area contributed by atoms with E-state index in [1.54, 1.807) is 63.2 Å². The van der Waals surface area contributed by atoms with Crippen molar-refractivity contribution in [3.8, 4) is 17.1 Å². The Morgan fingerprint density at radius 3 is 2.56 bits per heavy atom. The minimum Gasteiger partial charge on any atom is -0.494 e. The molecule has 10 nitrogen and oxygen atoms in total. The highest BCUT2D eigenvalue weighted by Gasteiger charge is 2.33. The molecule has 1 atom stereocenters. The summed E-state index contributed by atoms with van der Waals surface area (Å²) in [6, 6.07) is 14.6. The molecule has 210 valence electrons. The van der Waals surface area contributed by atoms with Crippen molar-refractivity contribution in [2.24, 2.45) is 4.99 Å². The van der Waals surface area contributed by atoms with Gasteiger partial charge in [-0.2, -0.15) is 0 Å². The Labute approximate surface area is 238 Å². The van der Waals surface area contributed by atoms with Gasteiger partial charge < -0.3 is 13.9 Å². The topological polar surface area (TPSA) is 126 Å². The lowest BCUT2D eigenvalue weighted by atomic mass is 9.96. The van der Waals surface area contributed by atoms with Gasteiger partial charge in [-0.1, -0.05) is 29.5 Å². The fourth-order valence-corrected chi connectivity index (χ4v) is 5.75. The number of aryl methyl sites for hydroxylation is 1. The molecule has 1 aliphatic rings. The maximum atomic E-state index is 13.8. The number of carbonyl (C=O) groups excluding carboxylic acids is 1.